The molecule has 0 amide bonds. The van der Waals surface area contributed by atoms with E-state index < -0.39 is 0 Å². The molecule has 2 aromatic rings. The van der Waals surface area contributed by atoms with Gasteiger partial charge in [0.05, 0.1) is 0 Å². The maximum Gasteiger partial charge on any atom is 0.0295 e. The van der Waals surface area contributed by atoms with Crippen molar-refractivity contribution in [3.63, 3.8) is 0 Å². The van der Waals surface area contributed by atoms with E-state index in [2.05, 4.69) is 65.3 Å². The number of halogens is 2. The van der Waals surface area contributed by atoms with Crippen molar-refractivity contribution in [2.45, 2.75) is 19.3 Å². The van der Waals surface area contributed by atoms with Crippen LogP contribution in [0.5, 0.6) is 0 Å². The highest BCUT2D eigenvalue weighted by Crippen LogP contribution is 2.25. The Morgan fingerprint density at radius 3 is 2.44 bits per heavy atom. The molecule has 2 aromatic carbocycles. The second kappa shape index (κ2) is 6.40. The van der Waals surface area contributed by atoms with E-state index in [4.69, 9.17) is 11.6 Å². The van der Waals surface area contributed by atoms with Crippen LogP contribution in [0.15, 0.2) is 53.0 Å². The number of benzene rings is 2. The maximum absolute atomic E-state index is 6.12. The molecule has 18 heavy (non-hydrogen) atoms. The van der Waals surface area contributed by atoms with Crippen LogP contribution < -0.4 is 0 Å². The monoisotopic (exact) mass is 322 g/mol. The lowest BCUT2D eigenvalue weighted by Gasteiger charge is -2.15. The summed E-state index contributed by atoms with van der Waals surface area (Å²) < 4.78 is 1.11. The number of alkyl halides is 1. The van der Waals surface area contributed by atoms with Gasteiger partial charge in [0.15, 0.2) is 0 Å². The molecule has 1 unspecified atom stereocenters. The van der Waals surface area contributed by atoms with Gasteiger partial charge in [-0.25, -0.2) is 0 Å². The summed E-state index contributed by atoms with van der Waals surface area (Å²) in [5.41, 5.74) is 3.93. The molecule has 2 rings (SSSR count). The lowest BCUT2D eigenvalue weighted by molar-refractivity contribution is 0.765. The van der Waals surface area contributed by atoms with Gasteiger partial charge in [0.2, 0.25) is 0 Å². The number of aryl methyl sites for hydroxylation is 1. The van der Waals surface area contributed by atoms with Crippen LogP contribution in [0.1, 0.15) is 22.6 Å². The average molecular weight is 324 g/mol. The second-order valence-electron chi connectivity index (χ2n) is 4.60. The maximum atomic E-state index is 6.12. The first-order valence-electron chi connectivity index (χ1n) is 6.06. The number of hydrogen-bond donors (Lipinski definition) is 0. The van der Waals surface area contributed by atoms with Crippen LogP contribution in [-0.4, -0.2) is 5.88 Å². The smallest absolute Gasteiger partial charge is 0.0295 e. The quantitative estimate of drug-likeness (QED) is 0.668. The second-order valence-corrected chi connectivity index (χ2v) is 5.82. The van der Waals surface area contributed by atoms with E-state index in [1.807, 2.05) is 6.07 Å². The Bertz CT molecular complexity index is 505. The fourth-order valence-corrected chi connectivity index (χ4v) is 2.73. The van der Waals surface area contributed by atoms with Crippen LogP contribution in [0.3, 0.4) is 0 Å². The van der Waals surface area contributed by atoms with E-state index in [1.54, 1.807) is 0 Å². The Morgan fingerprint density at radius 1 is 1.11 bits per heavy atom. The summed E-state index contributed by atoms with van der Waals surface area (Å²) in [6.45, 7) is 2.11. The molecule has 0 aliphatic carbocycles. The minimum Gasteiger partial charge on any atom is -0.126 e. The zero-order valence-corrected chi connectivity index (χ0v) is 12.7. The summed E-state index contributed by atoms with van der Waals surface area (Å²) in [7, 11) is 0. The lowest BCUT2D eigenvalue weighted by Crippen LogP contribution is -2.04. The van der Waals surface area contributed by atoms with Gasteiger partial charge in [0.25, 0.3) is 0 Å². The van der Waals surface area contributed by atoms with Gasteiger partial charge < -0.3 is 0 Å². The molecule has 0 nitrogen and oxygen atoms in total. The minimum atomic E-state index is 0.367. The molecule has 94 valence electrons. The van der Waals surface area contributed by atoms with Gasteiger partial charge in [-0.05, 0) is 36.6 Å². The van der Waals surface area contributed by atoms with Crippen LogP contribution in [0.25, 0.3) is 0 Å². The summed E-state index contributed by atoms with van der Waals surface area (Å²) >= 11 is 9.63. The van der Waals surface area contributed by atoms with Crippen LogP contribution in [0.4, 0.5) is 0 Å². The van der Waals surface area contributed by atoms with Crippen LogP contribution in [-0.2, 0) is 6.42 Å². The third-order valence-electron chi connectivity index (χ3n) is 3.11. The number of rotatable bonds is 4. The van der Waals surface area contributed by atoms with Crippen molar-refractivity contribution in [2.24, 2.45) is 0 Å². The minimum absolute atomic E-state index is 0.367. The standard InChI is InChI=1S/C16H16BrCl/c1-12-5-7-13(8-6-12)9-15(11-18)14-3-2-4-16(17)10-14/h2-8,10,15H,9,11H2,1H3. The Balaban J connectivity index is 2.17. The first-order valence-corrected chi connectivity index (χ1v) is 7.39. The van der Waals surface area contributed by atoms with Gasteiger partial charge in [0, 0.05) is 16.3 Å². The van der Waals surface area contributed by atoms with Gasteiger partial charge >= 0.3 is 0 Å². The van der Waals surface area contributed by atoms with Crippen molar-refractivity contribution in [3.8, 4) is 0 Å². The summed E-state index contributed by atoms with van der Waals surface area (Å²) in [6.07, 6.45) is 0.986. The Kier molecular flexibility index (Phi) is 4.85. The van der Waals surface area contributed by atoms with Crippen molar-refractivity contribution >= 4 is 27.5 Å². The highest BCUT2D eigenvalue weighted by atomic mass is 79.9. The predicted molar refractivity (Wildman–Crippen MR) is 82.5 cm³/mol. The molecule has 0 saturated carbocycles. The molecule has 0 fully saturated rings. The SMILES string of the molecule is Cc1ccc(CC(CCl)c2cccc(Br)c2)cc1. The summed E-state index contributed by atoms with van der Waals surface area (Å²) in [5.74, 6) is 1.01. The summed E-state index contributed by atoms with van der Waals surface area (Å²) in [5, 5.41) is 0. The van der Waals surface area contributed by atoms with E-state index in [-0.39, 0.29) is 0 Å². The molecule has 0 heterocycles. The Hall–Kier alpha value is -0.790. The lowest BCUT2D eigenvalue weighted by atomic mass is 9.93. The van der Waals surface area contributed by atoms with E-state index >= 15 is 0 Å². The molecule has 0 aromatic heterocycles. The normalized spacial score (nSPS) is 12.4. The molecule has 0 saturated heterocycles. The molecule has 0 N–H and O–H groups in total. The molecule has 0 radical (unpaired) electrons. The van der Waals surface area contributed by atoms with E-state index in [9.17, 15) is 0 Å². The first kappa shape index (κ1) is 13.6. The molecule has 0 aliphatic heterocycles. The fourth-order valence-electron chi connectivity index (χ4n) is 2.03. The van der Waals surface area contributed by atoms with Gasteiger partial charge in [0.1, 0.15) is 0 Å². The summed E-state index contributed by atoms with van der Waals surface area (Å²) in [4.78, 5) is 0. The first-order chi connectivity index (χ1) is 8.69. The molecular formula is C16H16BrCl. The van der Waals surface area contributed by atoms with Gasteiger partial charge in [-0.3, -0.25) is 0 Å². The predicted octanol–water partition coefficient (Wildman–Crippen LogP) is 5.32. The Morgan fingerprint density at radius 2 is 1.83 bits per heavy atom. The number of hydrogen-bond acceptors (Lipinski definition) is 0. The molecular weight excluding hydrogens is 308 g/mol. The highest BCUT2D eigenvalue weighted by molar-refractivity contribution is 9.10. The molecule has 1 atom stereocenters. The zero-order chi connectivity index (χ0) is 13.0. The largest absolute Gasteiger partial charge is 0.126 e. The molecule has 2 heteroatoms. The van der Waals surface area contributed by atoms with Crippen molar-refractivity contribution in [3.05, 3.63) is 69.7 Å². The highest BCUT2D eigenvalue weighted by Gasteiger charge is 2.11. The van der Waals surface area contributed by atoms with E-state index in [0.717, 1.165) is 10.9 Å². The van der Waals surface area contributed by atoms with Crippen LogP contribution in [0, 0.1) is 6.92 Å². The van der Waals surface area contributed by atoms with E-state index in [1.165, 1.54) is 16.7 Å². The van der Waals surface area contributed by atoms with Crippen molar-refractivity contribution in [2.75, 3.05) is 5.88 Å². The Labute approximate surface area is 122 Å². The van der Waals surface area contributed by atoms with E-state index in [0.29, 0.717) is 11.8 Å². The molecule has 0 aliphatic rings. The summed E-state index contributed by atoms with van der Waals surface area (Å²) in [6, 6.07) is 17.1. The van der Waals surface area contributed by atoms with Crippen molar-refractivity contribution in [1.82, 2.24) is 0 Å². The van der Waals surface area contributed by atoms with Crippen molar-refractivity contribution < 1.29 is 0 Å². The molecule has 0 bridgehead atoms. The fraction of sp³-hybridized carbons (Fsp3) is 0.250. The topological polar surface area (TPSA) is 0 Å². The third-order valence-corrected chi connectivity index (χ3v) is 3.97. The third kappa shape index (κ3) is 3.60. The van der Waals surface area contributed by atoms with Gasteiger partial charge in [-0.15, -0.1) is 11.6 Å². The van der Waals surface area contributed by atoms with Gasteiger partial charge in [-0.1, -0.05) is 57.9 Å². The molecule has 0 spiro atoms. The van der Waals surface area contributed by atoms with Crippen molar-refractivity contribution in [1.29, 1.82) is 0 Å². The van der Waals surface area contributed by atoms with Crippen LogP contribution in [0.2, 0.25) is 0 Å². The van der Waals surface area contributed by atoms with Crippen LogP contribution >= 0.6 is 27.5 Å². The average Bonchev–Trinajstić information content (AvgIpc) is 2.38. The zero-order valence-electron chi connectivity index (χ0n) is 10.4. The van der Waals surface area contributed by atoms with Gasteiger partial charge in [-0.2, -0.15) is 0 Å².